The Hall–Kier alpha value is -2.77. The second-order valence-corrected chi connectivity index (χ2v) is 8.33. The van der Waals surface area contributed by atoms with Gasteiger partial charge in [-0.25, -0.2) is 13.1 Å². The zero-order valence-electron chi connectivity index (χ0n) is 15.6. The molecule has 6 nitrogen and oxygen atoms in total. The van der Waals surface area contributed by atoms with Crippen LogP contribution >= 0.6 is 0 Å². The topological polar surface area (TPSA) is 73.9 Å². The number of hydrogen-bond donors (Lipinski definition) is 1. The van der Waals surface area contributed by atoms with Gasteiger partial charge in [0, 0.05) is 6.04 Å². The van der Waals surface area contributed by atoms with E-state index in [0.717, 1.165) is 22.1 Å². The molecule has 0 spiro atoms. The number of fused-ring (bicyclic) bond motifs is 2. The highest BCUT2D eigenvalue weighted by Gasteiger charge is 2.21. The highest BCUT2D eigenvalue weighted by Crippen LogP contribution is 2.33. The van der Waals surface area contributed by atoms with Gasteiger partial charge in [-0.05, 0) is 59.7 Å². The van der Waals surface area contributed by atoms with Crippen molar-refractivity contribution >= 4 is 20.8 Å². The molecule has 7 heteroatoms. The molecule has 0 aromatic heterocycles. The minimum atomic E-state index is -3.69. The smallest absolute Gasteiger partial charge is 0.241 e. The maximum absolute atomic E-state index is 12.9. The molecule has 3 aromatic carbocycles. The van der Waals surface area contributed by atoms with Crippen molar-refractivity contribution in [1.29, 1.82) is 0 Å². The Kier molecular flexibility index (Phi) is 4.87. The Bertz CT molecular complexity index is 1130. The summed E-state index contributed by atoms with van der Waals surface area (Å²) in [5, 5.41) is 1.74. The number of hydrogen-bond acceptors (Lipinski definition) is 5. The minimum Gasteiger partial charge on any atom is -0.497 e. The van der Waals surface area contributed by atoms with Gasteiger partial charge in [0.15, 0.2) is 11.5 Å². The van der Waals surface area contributed by atoms with E-state index in [4.69, 9.17) is 14.2 Å². The Balaban J connectivity index is 1.59. The van der Waals surface area contributed by atoms with Crippen LogP contribution in [-0.2, 0) is 10.0 Å². The molecule has 28 heavy (non-hydrogen) atoms. The van der Waals surface area contributed by atoms with E-state index in [2.05, 4.69) is 4.72 Å². The molecule has 1 aliphatic heterocycles. The van der Waals surface area contributed by atoms with Crippen LogP contribution in [0.4, 0.5) is 0 Å². The van der Waals surface area contributed by atoms with E-state index in [1.165, 1.54) is 0 Å². The van der Waals surface area contributed by atoms with Crippen LogP contribution in [0.1, 0.15) is 18.5 Å². The monoisotopic (exact) mass is 399 g/mol. The third-order valence-corrected chi connectivity index (χ3v) is 6.27. The van der Waals surface area contributed by atoms with E-state index in [0.29, 0.717) is 24.7 Å². The van der Waals surface area contributed by atoms with Crippen LogP contribution in [0.5, 0.6) is 17.2 Å². The first-order chi connectivity index (χ1) is 13.5. The normalized spacial score (nSPS) is 14.6. The lowest BCUT2D eigenvalue weighted by Gasteiger charge is -2.21. The lowest BCUT2D eigenvalue weighted by molar-refractivity contribution is 0.171. The molecule has 3 aromatic rings. The Morgan fingerprint density at radius 3 is 2.43 bits per heavy atom. The molecule has 1 N–H and O–H groups in total. The molecule has 0 unspecified atom stereocenters. The molecule has 0 saturated carbocycles. The van der Waals surface area contributed by atoms with Gasteiger partial charge in [0.2, 0.25) is 10.0 Å². The third kappa shape index (κ3) is 3.63. The fourth-order valence-electron chi connectivity index (χ4n) is 3.19. The molecule has 0 aliphatic carbocycles. The summed E-state index contributed by atoms with van der Waals surface area (Å²) in [5.74, 6) is 2.04. The number of ether oxygens (including phenoxy) is 3. The van der Waals surface area contributed by atoms with Crippen LogP contribution in [0.3, 0.4) is 0 Å². The fraction of sp³-hybridized carbons (Fsp3) is 0.238. The maximum atomic E-state index is 12.9. The molecule has 0 fully saturated rings. The molecule has 4 rings (SSSR count). The van der Waals surface area contributed by atoms with Gasteiger partial charge in [0.1, 0.15) is 19.0 Å². The van der Waals surface area contributed by atoms with Crippen LogP contribution in [0.25, 0.3) is 10.8 Å². The van der Waals surface area contributed by atoms with E-state index < -0.39 is 16.1 Å². The Labute approximate surface area is 164 Å². The lowest BCUT2D eigenvalue weighted by Crippen LogP contribution is -2.27. The zero-order chi connectivity index (χ0) is 19.7. The summed E-state index contributed by atoms with van der Waals surface area (Å²) >= 11 is 0. The van der Waals surface area contributed by atoms with Crippen LogP contribution < -0.4 is 18.9 Å². The van der Waals surface area contributed by atoms with Crippen LogP contribution in [0.15, 0.2) is 59.5 Å². The van der Waals surface area contributed by atoms with Crippen molar-refractivity contribution in [1.82, 2.24) is 4.72 Å². The number of methoxy groups -OCH3 is 1. The van der Waals surface area contributed by atoms with Crippen molar-refractivity contribution in [2.24, 2.45) is 0 Å². The van der Waals surface area contributed by atoms with E-state index >= 15 is 0 Å². The average molecular weight is 399 g/mol. The molecular weight excluding hydrogens is 378 g/mol. The van der Waals surface area contributed by atoms with Gasteiger partial charge in [-0.2, -0.15) is 0 Å². The van der Waals surface area contributed by atoms with Gasteiger partial charge < -0.3 is 14.2 Å². The maximum Gasteiger partial charge on any atom is 0.241 e. The van der Waals surface area contributed by atoms with Crippen molar-refractivity contribution in [3.63, 3.8) is 0 Å². The second-order valence-electron chi connectivity index (χ2n) is 6.62. The summed E-state index contributed by atoms with van der Waals surface area (Å²) in [5.41, 5.74) is 0.804. The molecule has 0 saturated heterocycles. The van der Waals surface area contributed by atoms with Crippen LogP contribution in [0.2, 0.25) is 0 Å². The minimum absolute atomic E-state index is 0.217. The van der Waals surface area contributed by atoms with Crippen molar-refractivity contribution < 1.29 is 22.6 Å². The average Bonchev–Trinajstić information content (AvgIpc) is 2.72. The summed E-state index contributed by atoms with van der Waals surface area (Å²) in [7, 11) is -2.09. The van der Waals surface area contributed by atoms with E-state index in [-0.39, 0.29) is 4.90 Å². The first kappa shape index (κ1) is 18.6. The summed E-state index contributed by atoms with van der Waals surface area (Å²) in [6.45, 7) is 2.80. The zero-order valence-corrected chi connectivity index (χ0v) is 16.5. The van der Waals surface area contributed by atoms with Gasteiger partial charge in [-0.1, -0.05) is 18.2 Å². The molecule has 146 valence electrons. The van der Waals surface area contributed by atoms with Crippen molar-refractivity contribution in [2.75, 3.05) is 20.3 Å². The van der Waals surface area contributed by atoms with E-state index in [1.54, 1.807) is 38.3 Å². The van der Waals surface area contributed by atoms with Gasteiger partial charge in [-0.15, -0.1) is 0 Å². The third-order valence-electron chi connectivity index (χ3n) is 4.73. The number of sulfonamides is 1. The lowest BCUT2D eigenvalue weighted by atomic mass is 10.1. The van der Waals surface area contributed by atoms with Crippen molar-refractivity contribution in [3.8, 4) is 17.2 Å². The second kappa shape index (κ2) is 7.33. The predicted molar refractivity (Wildman–Crippen MR) is 107 cm³/mol. The Morgan fingerprint density at radius 1 is 0.929 bits per heavy atom. The largest absolute Gasteiger partial charge is 0.497 e. The quantitative estimate of drug-likeness (QED) is 0.709. The number of nitrogens with one attached hydrogen (secondary N) is 1. The van der Waals surface area contributed by atoms with Gasteiger partial charge in [-0.3, -0.25) is 0 Å². The summed E-state index contributed by atoms with van der Waals surface area (Å²) in [6.07, 6.45) is 0. The summed E-state index contributed by atoms with van der Waals surface area (Å²) < 4.78 is 44.8. The van der Waals surface area contributed by atoms with E-state index in [1.807, 2.05) is 30.3 Å². The predicted octanol–water partition coefficient (Wildman–Crippen LogP) is 3.66. The summed E-state index contributed by atoms with van der Waals surface area (Å²) in [6, 6.07) is 15.6. The first-order valence-electron chi connectivity index (χ1n) is 8.96. The molecule has 1 heterocycles. The summed E-state index contributed by atoms with van der Waals surface area (Å²) in [4.78, 5) is 0.217. The molecule has 1 atom stereocenters. The SMILES string of the molecule is COc1ccc2cc(S(=O)(=O)N[C@H](C)c3ccc4c(c3)OCCO4)ccc2c1. The molecule has 0 bridgehead atoms. The molecule has 0 radical (unpaired) electrons. The Morgan fingerprint density at radius 2 is 1.64 bits per heavy atom. The van der Waals surface area contributed by atoms with E-state index in [9.17, 15) is 8.42 Å². The standard InChI is InChI=1S/C21H21NO5S/c1-14(15-5-8-20-21(13-15)27-10-9-26-20)22-28(23,24)19-7-4-16-11-18(25-2)6-3-17(16)12-19/h3-8,11-14,22H,9-10H2,1-2H3/t14-/m1/s1. The number of benzene rings is 3. The molecular formula is C21H21NO5S. The van der Waals surface area contributed by atoms with Gasteiger partial charge in [0.25, 0.3) is 0 Å². The van der Waals surface area contributed by atoms with Crippen molar-refractivity contribution in [2.45, 2.75) is 17.9 Å². The van der Waals surface area contributed by atoms with Crippen molar-refractivity contribution in [3.05, 3.63) is 60.2 Å². The van der Waals surface area contributed by atoms with Gasteiger partial charge >= 0.3 is 0 Å². The highest BCUT2D eigenvalue weighted by atomic mass is 32.2. The molecule has 0 amide bonds. The fourth-order valence-corrected chi connectivity index (χ4v) is 4.46. The van der Waals surface area contributed by atoms with Gasteiger partial charge in [0.05, 0.1) is 12.0 Å². The first-order valence-corrected chi connectivity index (χ1v) is 10.4. The molecule has 1 aliphatic rings. The highest BCUT2D eigenvalue weighted by molar-refractivity contribution is 7.89. The van der Waals surface area contributed by atoms with Crippen LogP contribution in [0, 0.1) is 0 Å². The number of rotatable bonds is 5. The van der Waals surface area contributed by atoms with Crippen LogP contribution in [-0.4, -0.2) is 28.7 Å².